The maximum Gasteiger partial charge on any atom is 0.340 e. The number of hydrogen-bond donors (Lipinski definition) is 2. The van der Waals surface area contributed by atoms with Crippen molar-refractivity contribution in [2.75, 3.05) is 41.5 Å². The van der Waals surface area contributed by atoms with Gasteiger partial charge >= 0.3 is 11.9 Å². The summed E-state index contributed by atoms with van der Waals surface area (Å²) in [7, 11) is 6.02. The molecule has 8 bridgehead atoms. The number of nitrogens with one attached hydrogen (secondary N) is 2. The van der Waals surface area contributed by atoms with Gasteiger partial charge in [-0.1, -0.05) is 26.5 Å². The first-order valence-corrected chi connectivity index (χ1v) is 17.4. The van der Waals surface area contributed by atoms with Crippen LogP contribution in [0.2, 0.25) is 0 Å². The number of carbonyl (C=O) groups excluding carboxylic acids is 3. The first kappa shape index (κ1) is 37.2. The minimum absolute atomic E-state index is 0.0825. The molecular formula is C40H49N5O6. The Morgan fingerprint density at radius 3 is 2.29 bits per heavy atom. The summed E-state index contributed by atoms with van der Waals surface area (Å²) < 4.78 is 15.6. The van der Waals surface area contributed by atoms with Crippen molar-refractivity contribution in [3.63, 3.8) is 0 Å². The van der Waals surface area contributed by atoms with Gasteiger partial charge in [0.2, 0.25) is 5.91 Å². The molecule has 5 heterocycles. The number of likely N-dealkylation sites (N-methyl/N-ethyl adjacent to an activating group) is 1. The van der Waals surface area contributed by atoms with E-state index in [1.807, 2.05) is 25.1 Å². The molecule has 3 aromatic rings. The van der Waals surface area contributed by atoms with Gasteiger partial charge in [-0.25, -0.2) is 9.78 Å². The Morgan fingerprint density at radius 1 is 0.941 bits per heavy atom. The van der Waals surface area contributed by atoms with Crippen molar-refractivity contribution < 1.29 is 28.6 Å². The van der Waals surface area contributed by atoms with Crippen molar-refractivity contribution in [3.05, 3.63) is 75.4 Å². The molecule has 2 aliphatic rings. The van der Waals surface area contributed by atoms with Gasteiger partial charge in [-0.05, 0) is 74.1 Å². The summed E-state index contributed by atoms with van der Waals surface area (Å²) >= 11 is 0. The Morgan fingerprint density at radius 2 is 1.65 bits per heavy atom. The van der Waals surface area contributed by atoms with E-state index in [1.165, 1.54) is 14.2 Å². The van der Waals surface area contributed by atoms with Gasteiger partial charge in [0.25, 0.3) is 0 Å². The van der Waals surface area contributed by atoms with E-state index < -0.39 is 5.97 Å². The second kappa shape index (κ2) is 15.5. The molecule has 0 saturated carbocycles. The fraction of sp³-hybridized carbons (Fsp3) is 0.425. The Balaban J connectivity index is 1.99. The van der Waals surface area contributed by atoms with Crippen molar-refractivity contribution in [1.82, 2.24) is 24.8 Å². The third-order valence-electron chi connectivity index (χ3n) is 10.4. The second-order valence-corrected chi connectivity index (χ2v) is 13.3. The molecule has 3 aromatic heterocycles. The van der Waals surface area contributed by atoms with Gasteiger partial charge in [-0.3, -0.25) is 14.6 Å². The summed E-state index contributed by atoms with van der Waals surface area (Å²) in [5.74, 6) is -1.52. The molecule has 1 amide bonds. The summed E-state index contributed by atoms with van der Waals surface area (Å²) in [6.45, 7) is 15.0. The predicted octanol–water partition coefficient (Wildman–Crippen LogP) is 6.73. The number of amides is 1. The Bertz CT molecular complexity index is 2090. The van der Waals surface area contributed by atoms with Gasteiger partial charge in [0.15, 0.2) is 0 Å². The summed E-state index contributed by atoms with van der Waals surface area (Å²) in [5.41, 5.74) is 11.6. The number of carbonyl (C=O) groups is 3. The van der Waals surface area contributed by atoms with Gasteiger partial charge in [-0.15, -0.1) is 0 Å². The van der Waals surface area contributed by atoms with E-state index >= 15 is 0 Å². The maximum atomic E-state index is 13.9. The molecule has 11 nitrogen and oxygen atoms in total. The predicted molar refractivity (Wildman–Crippen MR) is 200 cm³/mol. The monoisotopic (exact) mass is 695 g/mol. The summed E-state index contributed by atoms with van der Waals surface area (Å²) in [6, 6.07) is 6.10. The highest BCUT2D eigenvalue weighted by Crippen LogP contribution is 2.44. The number of aromatic nitrogens is 4. The molecular weight excluding hydrogens is 646 g/mol. The van der Waals surface area contributed by atoms with Crippen molar-refractivity contribution in [2.24, 2.45) is 0 Å². The molecule has 2 aliphatic heterocycles. The van der Waals surface area contributed by atoms with E-state index in [4.69, 9.17) is 24.2 Å². The Kier molecular flexibility index (Phi) is 11.3. The highest BCUT2D eigenvalue weighted by molar-refractivity contribution is 6.25. The van der Waals surface area contributed by atoms with Crippen LogP contribution in [0.4, 0.5) is 0 Å². The van der Waals surface area contributed by atoms with E-state index in [0.717, 1.165) is 56.4 Å². The Labute approximate surface area is 299 Å². The Hall–Kier alpha value is -5.03. The number of rotatable bonds is 11. The molecule has 0 fully saturated rings. The standard InChI is InChI=1S/C40H49N5O6/c1-11-25-21(3)29-18-31-23(5)27(13-14-36(47)50-9)38(43-31)28(17-35(46)45(7)15-16-49-8)39-37(40(48)51-10)24(6)32(44-39)20-34-26(12-2)22(4)30(42-34)19-33(25)41-29/h11,18-20,23,27,41-42H,1,12-17H2,2-10H3/t23-,27-/m0/s1. The van der Waals surface area contributed by atoms with Crippen LogP contribution in [-0.2, 0) is 41.4 Å². The fourth-order valence-electron chi connectivity index (χ4n) is 7.20. The molecule has 270 valence electrons. The number of nitrogens with zero attached hydrogens (tertiary/aromatic N) is 3. The number of methoxy groups -OCH3 is 3. The van der Waals surface area contributed by atoms with Gasteiger partial charge in [0.05, 0.1) is 49.9 Å². The van der Waals surface area contributed by atoms with Crippen LogP contribution in [0, 0.1) is 13.8 Å². The van der Waals surface area contributed by atoms with Crippen LogP contribution in [0.1, 0.15) is 96.0 Å². The minimum Gasteiger partial charge on any atom is -0.469 e. The van der Waals surface area contributed by atoms with E-state index in [0.29, 0.717) is 47.8 Å². The molecule has 0 spiro atoms. The van der Waals surface area contributed by atoms with E-state index in [9.17, 15) is 14.4 Å². The lowest BCUT2D eigenvalue weighted by Gasteiger charge is -2.21. The smallest absolute Gasteiger partial charge is 0.340 e. The fourth-order valence-corrected chi connectivity index (χ4v) is 7.20. The number of allylic oxidation sites excluding steroid dienone is 1. The molecule has 0 unspecified atom stereocenters. The lowest BCUT2D eigenvalue weighted by Crippen LogP contribution is -2.32. The minimum atomic E-state index is -0.558. The van der Waals surface area contributed by atoms with Crippen molar-refractivity contribution >= 4 is 57.1 Å². The topological polar surface area (TPSA) is 140 Å². The zero-order valence-electron chi connectivity index (χ0n) is 31.2. The quantitative estimate of drug-likeness (QED) is 0.211. The van der Waals surface area contributed by atoms with E-state index in [1.54, 1.807) is 19.1 Å². The number of aryl methyl sites for hydroxylation is 3. The van der Waals surface area contributed by atoms with Crippen LogP contribution in [0.15, 0.2) is 24.8 Å². The van der Waals surface area contributed by atoms with Crippen molar-refractivity contribution in [1.29, 1.82) is 0 Å². The van der Waals surface area contributed by atoms with Crippen LogP contribution in [-0.4, -0.2) is 84.2 Å². The number of ether oxygens (including phenoxy) is 3. The lowest BCUT2D eigenvalue weighted by molar-refractivity contribution is -0.141. The molecule has 0 aliphatic carbocycles. The molecule has 2 atom stereocenters. The first-order chi connectivity index (χ1) is 24.4. The van der Waals surface area contributed by atoms with Crippen LogP contribution in [0.5, 0.6) is 0 Å². The molecule has 0 radical (unpaired) electrons. The highest BCUT2D eigenvalue weighted by Gasteiger charge is 2.36. The third kappa shape index (κ3) is 7.12. The first-order valence-electron chi connectivity index (χ1n) is 17.4. The zero-order valence-corrected chi connectivity index (χ0v) is 31.2. The largest absolute Gasteiger partial charge is 0.469 e. The number of fused-ring (bicyclic) bond motifs is 8. The number of esters is 2. The van der Waals surface area contributed by atoms with E-state index in [2.05, 4.69) is 50.3 Å². The second-order valence-electron chi connectivity index (χ2n) is 13.3. The normalized spacial score (nSPS) is 15.5. The average molecular weight is 696 g/mol. The van der Waals surface area contributed by atoms with Gasteiger partial charge in [-0.2, -0.15) is 0 Å². The zero-order chi connectivity index (χ0) is 37.1. The maximum absolute atomic E-state index is 13.9. The van der Waals surface area contributed by atoms with Crippen LogP contribution < -0.4 is 0 Å². The molecule has 0 aromatic carbocycles. The summed E-state index contributed by atoms with van der Waals surface area (Å²) in [4.78, 5) is 59.2. The summed E-state index contributed by atoms with van der Waals surface area (Å²) in [6.07, 6.45) is 3.11. The van der Waals surface area contributed by atoms with Gasteiger partial charge in [0, 0.05) is 77.8 Å². The molecule has 0 saturated heterocycles. The molecule has 5 rings (SSSR count). The third-order valence-corrected chi connectivity index (χ3v) is 10.4. The lowest BCUT2D eigenvalue weighted by atomic mass is 9.84. The SMILES string of the molecule is C=Cc1c(C)c2cc3nc(c(CC(=O)N(C)CCOC)c4nc(cc5[nH]c(cc1[nH]2)c(C)c5CC)C(C)=C4C(=O)OC)[C@@H](CCC(=O)OC)[C@@H]3C. The summed E-state index contributed by atoms with van der Waals surface area (Å²) in [5, 5.41) is 0. The van der Waals surface area contributed by atoms with Gasteiger partial charge in [0.1, 0.15) is 0 Å². The van der Waals surface area contributed by atoms with Crippen LogP contribution in [0.3, 0.4) is 0 Å². The van der Waals surface area contributed by atoms with Crippen molar-refractivity contribution in [2.45, 2.75) is 72.1 Å². The van der Waals surface area contributed by atoms with E-state index in [-0.39, 0.29) is 42.1 Å². The number of H-pyrrole nitrogens is 2. The molecule has 11 heteroatoms. The number of hydrogen-bond acceptors (Lipinski definition) is 8. The van der Waals surface area contributed by atoms with Crippen LogP contribution >= 0.6 is 0 Å². The molecule has 2 N–H and O–H groups in total. The van der Waals surface area contributed by atoms with Gasteiger partial charge < -0.3 is 29.1 Å². The van der Waals surface area contributed by atoms with Crippen LogP contribution in [0.25, 0.3) is 39.3 Å². The van der Waals surface area contributed by atoms with Crippen molar-refractivity contribution in [3.8, 4) is 0 Å². The highest BCUT2D eigenvalue weighted by atomic mass is 16.5. The average Bonchev–Trinajstić information content (AvgIpc) is 3.80. The molecule has 51 heavy (non-hydrogen) atoms. The number of aromatic amines is 2.